The number of hydrogen-bond acceptors (Lipinski definition) is 4. The summed E-state index contributed by atoms with van der Waals surface area (Å²) in [6.07, 6.45) is 0. The smallest absolute Gasteiger partial charge is 0.310 e. The molecule has 5 nitrogen and oxygen atoms in total. The van der Waals surface area contributed by atoms with Crippen LogP contribution in [-0.4, -0.2) is 22.1 Å². The molecule has 1 aromatic heterocycles. The van der Waals surface area contributed by atoms with Crippen molar-refractivity contribution in [3.8, 4) is 6.07 Å². The molecule has 0 unspecified atom stereocenters. The van der Waals surface area contributed by atoms with Crippen molar-refractivity contribution >= 4 is 17.0 Å². The lowest BCUT2D eigenvalue weighted by molar-refractivity contribution is -0.147. The number of nitrogens with zero attached hydrogens (tertiary/aromatic N) is 3. The summed E-state index contributed by atoms with van der Waals surface area (Å²) in [7, 11) is 1.85. The summed E-state index contributed by atoms with van der Waals surface area (Å²) < 4.78 is 6.85. The Bertz CT molecular complexity index is 669. The molecule has 0 bridgehead atoms. The van der Waals surface area contributed by atoms with Crippen molar-refractivity contribution in [2.45, 2.75) is 19.8 Å². The maximum absolute atomic E-state index is 11.8. The highest BCUT2D eigenvalue weighted by Gasteiger charge is 2.30. The van der Waals surface area contributed by atoms with Gasteiger partial charge in [0.15, 0.2) is 0 Å². The second kappa shape index (κ2) is 5.74. The van der Waals surface area contributed by atoms with E-state index >= 15 is 0 Å². The molecule has 0 aliphatic rings. The van der Waals surface area contributed by atoms with Gasteiger partial charge in [0.1, 0.15) is 11.7 Å². The highest BCUT2D eigenvalue weighted by Crippen LogP contribution is 2.27. The Morgan fingerprint density at radius 2 is 2.20 bits per heavy atom. The summed E-state index contributed by atoms with van der Waals surface area (Å²) in [6, 6.07) is 9.82. The minimum Gasteiger partial charge on any atom is -0.466 e. The van der Waals surface area contributed by atoms with E-state index in [2.05, 4.69) is 11.1 Å². The number of fused-ring (bicyclic) bond motifs is 1. The number of rotatable bonds is 4. The van der Waals surface area contributed by atoms with Crippen LogP contribution in [0.4, 0.5) is 0 Å². The van der Waals surface area contributed by atoms with Gasteiger partial charge in [-0.3, -0.25) is 4.79 Å². The molecule has 2 rings (SSSR count). The van der Waals surface area contributed by atoms with E-state index in [0.717, 1.165) is 11.0 Å². The zero-order chi connectivity index (χ0) is 14.7. The Morgan fingerprint density at radius 3 is 2.80 bits per heavy atom. The van der Waals surface area contributed by atoms with Gasteiger partial charge in [0.05, 0.1) is 29.6 Å². The van der Waals surface area contributed by atoms with Crippen LogP contribution >= 0.6 is 0 Å². The lowest BCUT2D eigenvalue weighted by Crippen LogP contribution is -2.23. The first-order valence-corrected chi connectivity index (χ1v) is 6.57. The van der Waals surface area contributed by atoms with E-state index in [-0.39, 0.29) is 5.97 Å². The van der Waals surface area contributed by atoms with Crippen LogP contribution in [0.15, 0.2) is 24.3 Å². The molecule has 5 heteroatoms. The van der Waals surface area contributed by atoms with E-state index in [0.29, 0.717) is 12.4 Å². The molecule has 0 saturated heterocycles. The first-order chi connectivity index (χ1) is 9.60. The first kappa shape index (κ1) is 14.1. The van der Waals surface area contributed by atoms with Crippen LogP contribution in [0, 0.1) is 17.2 Å². The molecule has 104 valence electrons. The Labute approximate surface area is 117 Å². The number of para-hydroxylation sites is 2. The summed E-state index contributed by atoms with van der Waals surface area (Å²) >= 11 is 0. The van der Waals surface area contributed by atoms with Crippen molar-refractivity contribution in [3.63, 3.8) is 0 Å². The van der Waals surface area contributed by atoms with Crippen molar-refractivity contribution in [1.29, 1.82) is 5.26 Å². The summed E-state index contributed by atoms with van der Waals surface area (Å²) in [5.41, 5.74) is 1.76. The Balaban J connectivity index is 2.42. The molecule has 0 aliphatic heterocycles. The normalized spacial score (nSPS) is 13.7. The minimum absolute atomic E-state index is 0.309. The van der Waals surface area contributed by atoms with Gasteiger partial charge in [-0.25, -0.2) is 4.98 Å². The fourth-order valence-electron chi connectivity index (χ4n) is 2.25. The average molecular weight is 271 g/mol. The highest BCUT2D eigenvalue weighted by molar-refractivity contribution is 5.77. The summed E-state index contributed by atoms with van der Waals surface area (Å²) in [5, 5.41) is 9.41. The van der Waals surface area contributed by atoms with E-state index in [4.69, 9.17) is 4.74 Å². The van der Waals surface area contributed by atoms with Gasteiger partial charge in [-0.05, 0) is 19.1 Å². The molecule has 0 saturated carbocycles. The maximum atomic E-state index is 11.8. The van der Waals surface area contributed by atoms with Crippen LogP contribution in [0.3, 0.4) is 0 Å². The number of nitriles is 1. The molecule has 20 heavy (non-hydrogen) atoms. The van der Waals surface area contributed by atoms with Gasteiger partial charge in [0.25, 0.3) is 0 Å². The van der Waals surface area contributed by atoms with Crippen molar-refractivity contribution in [2.75, 3.05) is 6.61 Å². The number of benzene rings is 1. The molecule has 0 fully saturated rings. The third-order valence-electron chi connectivity index (χ3n) is 3.40. The molecule has 0 radical (unpaired) electrons. The van der Waals surface area contributed by atoms with E-state index in [1.807, 2.05) is 35.9 Å². The predicted octanol–water partition coefficient (Wildman–Crippen LogP) is 2.38. The third-order valence-corrected chi connectivity index (χ3v) is 3.40. The fraction of sp³-hybridized carbons (Fsp3) is 0.400. The van der Waals surface area contributed by atoms with Crippen molar-refractivity contribution in [2.24, 2.45) is 13.0 Å². The summed E-state index contributed by atoms with van der Waals surface area (Å²) in [6.45, 7) is 3.76. The van der Waals surface area contributed by atoms with Gasteiger partial charge in [-0.2, -0.15) is 5.26 Å². The quantitative estimate of drug-likeness (QED) is 0.801. The van der Waals surface area contributed by atoms with E-state index in [1.165, 1.54) is 0 Å². The molecule has 2 atom stereocenters. The summed E-state index contributed by atoms with van der Waals surface area (Å²) in [4.78, 5) is 16.3. The maximum Gasteiger partial charge on any atom is 0.310 e. The number of carbonyl (C=O) groups is 1. The van der Waals surface area contributed by atoms with Crippen LogP contribution in [-0.2, 0) is 16.6 Å². The van der Waals surface area contributed by atoms with Gasteiger partial charge in [-0.15, -0.1) is 0 Å². The Morgan fingerprint density at radius 1 is 1.50 bits per heavy atom. The molecule has 0 aliphatic carbocycles. The lowest BCUT2D eigenvalue weighted by atomic mass is 9.94. The SMILES string of the molecule is CCOC(=O)[C@H](C)[C@@H](C#N)c1nc2ccccc2n1C. The molecule has 0 spiro atoms. The standard InChI is InChI=1S/C15H17N3O2/c1-4-20-15(19)10(2)11(9-16)14-17-12-7-5-6-8-13(12)18(14)3/h5-8,10-11H,4H2,1-3H3/t10-,11-/m1/s1. The minimum atomic E-state index is -0.619. The van der Waals surface area contributed by atoms with Gasteiger partial charge in [0.2, 0.25) is 0 Å². The highest BCUT2D eigenvalue weighted by atomic mass is 16.5. The van der Waals surface area contributed by atoms with E-state index in [9.17, 15) is 10.1 Å². The Hall–Kier alpha value is -2.35. The Kier molecular flexibility index (Phi) is 4.04. The number of ether oxygens (including phenoxy) is 1. The second-order valence-electron chi connectivity index (χ2n) is 4.67. The molecule has 1 heterocycles. The van der Waals surface area contributed by atoms with Gasteiger partial charge >= 0.3 is 5.97 Å². The first-order valence-electron chi connectivity index (χ1n) is 6.57. The average Bonchev–Trinajstić information content (AvgIpc) is 2.78. The largest absolute Gasteiger partial charge is 0.466 e. The van der Waals surface area contributed by atoms with E-state index < -0.39 is 11.8 Å². The van der Waals surface area contributed by atoms with E-state index in [1.54, 1.807) is 13.8 Å². The number of hydrogen-bond donors (Lipinski definition) is 0. The topological polar surface area (TPSA) is 67.9 Å². The predicted molar refractivity (Wildman–Crippen MR) is 74.9 cm³/mol. The molecule has 1 aromatic carbocycles. The molecular weight excluding hydrogens is 254 g/mol. The van der Waals surface area contributed by atoms with Crippen molar-refractivity contribution in [1.82, 2.24) is 9.55 Å². The number of esters is 1. The summed E-state index contributed by atoms with van der Waals surface area (Å²) in [5.74, 6) is -0.942. The monoisotopic (exact) mass is 271 g/mol. The van der Waals surface area contributed by atoms with Crippen molar-refractivity contribution < 1.29 is 9.53 Å². The number of imidazole rings is 1. The van der Waals surface area contributed by atoms with Crippen LogP contribution in [0.2, 0.25) is 0 Å². The number of aromatic nitrogens is 2. The second-order valence-corrected chi connectivity index (χ2v) is 4.67. The van der Waals surface area contributed by atoms with Crippen LogP contribution in [0.5, 0.6) is 0 Å². The van der Waals surface area contributed by atoms with Crippen molar-refractivity contribution in [3.05, 3.63) is 30.1 Å². The fourth-order valence-corrected chi connectivity index (χ4v) is 2.25. The molecule has 0 amide bonds. The third kappa shape index (κ3) is 2.37. The van der Waals surface area contributed by atoms with Gasteiger partial charge in [0, 0.05) is 7.05 Å². The zero-order valence-electron chi connectivity index (χ0n) is 11.8. The van der Waals surface area contributed by atoms with Gasteiger partial charge < -0.3 is 9.30 Å². The molecule has 0 N–H and O–H groups in total. The zero-order valence-corrected chi connectivity index (χ0v) is 11.8. The van der Waals surface area contributed by atoms with Crippen LogP contribution in [0.1, 0.15) is 25.6 Å². The van der Waals surface area contributed by atoms with Crippen LogP contribution in [0.25, 0.3) is 11.0 Å². The van der Waals surface area contributed by atoms with Crippen LogP contribution < -0.4 is 0 Å². The lowest BCUT2D eigenvalue weighted by Gasteiger charge is -2.15. The number of carbonyl (C=O) groups excluding carboxylic acids is 1. The molecular formula is C15H17N3O2. The molecule has 2 aromatic rings. The number of aryl methyl sites for hydroxylation is 1. The van der Waals surface area contributed by atoms with Gasteiger partial charge in [-0.1, -0.05) is 19.1 Å².